The van der Waals surface area contributed by atoms with Gasteiger partial charge in [0.2, 0.25) is 0 Å². The molecule has 3 rings (SSSR count). The van der Waals surface area contributed by atoms with Crippen molar-refractivity contribution in [2.75, 3.05) is 26.8 Å². The summed E-state index contributed by atoms with van der Waals surface area (Å²) in [5.41, 5.74) is 2.31. The van der Waals surface area contributed by atoms with Crippen molar-refractivity contribution in [1.29, 1.82) is 0 Å². The van der Waals surface area contributed by atoms with E-state index in [1.807, 2.05) is 49.4 Å². The highest BCUT2D eigenvalue weighted by Gasteiger charge is 2.29. The van der Waals surface area contributed by atoms with Crippen molar-refractivity contribution in [2.45, 2.75) is 32.9 Å². The summed E-state index contributed by atoms with van der Waals surface area (Å²) in [6, 6.07) is 16.2. The summed E-state index contributed by atoms with van der Waals surface area (Å²) in [5.74, 6) is 1.45. The predicted molar refractivity (Wildman–Crippen MR) is 108 cm³/mol. The molecular formula is C23H30NO4+. The fourth-order valence-corrected chi connectivity index (χ4v) is 3.74. The third-order valence-corrected chi connectivity index (χ3v) is 5.16. The quantitative estimate of drug-likeness (QED) is 0.711. The second kappa shape index (κ2) is 10.1. The molecule has 28 heavy (non-hydrogen) atoms. The minimum atomic E-state index is -0.0538. The zero-order chi connectivity index (χ0) is 19.8. The number of quaternary nitrogens is 1. The molecular weight excluding hydrogens is 354 g/mol. The molecule has 2 atom stereocenters. The fraction of sp³-hybridized carbons (Fsp3) is 0.435. The van der Waals surface area contributed by atoms with Gasteiger partial charge < -0.3 is 19.1 Å². The van der Waals surface area contributed by atoms with E-state index in [1.54, 1.807) is 7.11 Å². The van der Waals surface area contributed by atoms with Gasteiger partial charge in [0.1, 0.15) is 19.1 Å². The lowest BCUT2D eigenvalue weighted by Crippen LogP contribution is -3.12. The van der Waals surface area contributed by atoms with Gasteiger partial charge in [-0.25, -0.2) is 0 Å². The maximum atomic E-state index is 12.1. The first-order valence-electron chi connectivity index (χ1n) is 10.0. The molecule has 1 N–H and O–H groups in total. The summed E-state index contributed by atoms with van der Waals surface area (Å²) in [6.45, 7) is 5.59. The van der Waals surface area contributed by atoms with E-state index in [2.05, 4.69) is 6.07 Å². The molecule has 0 amide bonds. The third kappa shape index (κ3) is 5.49. The first-order chi connectivity index (χ1) is 13.7. The van der Waals surface area contributed by atoms with Crippen molar-refractivity contribution in [1.82, 2.24) is 0 Å². The summed E-state index contributed by atoms with van der Waals surface area (Å²) in [6.07, 6.45) is 1.98. The SMILES string of the molecule is CCOC(=O)[C@@H]1CCC[NH+](Cc2ccc(OCc3ccccc3)c(OC)c2)C1. The van der Waals surface area contributed by atoms with Crippen LogP contribution in [-0.2, 0) is 22.7 Å². The minimum absolute atomic E-state index is 0.0130. The molecule has 0 bridgehead atoms. The molecule has 0 saturated carbocycles. The van der Waals surface area contributed by atoms with E-state index in [9.17, 15) is 4.79 Å². The Labute approximate surface area is 167 Å². The number of nitrogens with one attached hydrogen (secondary N) is 1. The largest absolute Gasteiger partial charge is 0.493 e. The van der Waals surface area contributed by atoms with Crippen LogP contribution in [0.3, 0.4) is 0 Å². The Morgan fingerprint density at radius 2 is 1.93 bits per heavy atom. The van der Waals surface area contributed by atoms with E-state index in [0.29, 0.717) is 13.2 Å². The molecule has 1 saturated heterocycles. The van der Waals surface area contributed by atoms with Gasteiger partial charge >= 0.3 is 5.97 Å². The number of rotatable bonds is 8. The highest BCUT2D eigenvalue weighted by Crippen LogP contribution is 2.28. The zero-order valence-electron chi connectivity index (χ0n) is 16.8. The molecule has 1 aliphatic heterocycles. The Morgan fingerprint density at radius 3 is 2.68 bits per heavy atom. The molecule has 1 heterocycles. The molecule has 2 aromatic rings. The standard InChI is InChI=1S/C23H29NO4/c1-3-27-23(25)20-10-7-13-24(16-20)15-19-11-12-21(22(14-19)26-2)28-17-18-8-5-4-6-9-18/h4-6,8-9,11-12,14,20H,3,7,10,13,15-17H2,1-2H3/p+1/t20-/m1/s1. The number of piperidine rings is 1. The number of carbonyl (C=O) groups excluding carboxylic acids is 1. The Morgan fingerprint density at radius 1 is 1.11 bits per heavy atom. The number of ether oxygens (including phenoxy) is 3. The van der Waals surface area contributed by atoms with Gasteiger partial charge in [-0.15, -0.1) is 0 Å². The second-order valence-electron chi connectivity index (χ2n) is 7.23. The van der Waals surface area contributed by atoms with Crippen molar-refractivity contribution in [2.24, 2.45) is 5.92 Å². The maximum Gasteiger partial charge on any atom is 0.314 e. The van der Waals surface area contributed by atoms with E-state index in [-0.39, 0.29) is 11.9 Å². The van der Waals surface area contributed by atoms with Crippen LogP contribution in [0.15, 0.2) is 48.5 Å². The van der Waals surface area contributed by atoms with Crippen LogP contribution in [0.1, 0.15) is 30.9 Å². The van der Waals surface area contributed by atoms with Gasteiger partial charge in [0.25, 0.3) is 0 Å². The number of hydrogen-bond donors (Lipinski definition) is 1. The molecule has 150 valence electrons. The van der Waals surface area contributed by atoms with E-state index in [0.717, 1.165) is 49.5 Å². The summed E-state index contributed by atoms with van der Waals surface area (Å²) in [4.78, 5) is 13.5. The van der Waals surface area contributed by atoms with Gasteiger partial charge in [0.15, 0.2) is 11.5 Å². The van der Waals surface area contributed by atoms with Crippen LogP contribution in [0.4, 0.5) is 0 Å². The average molecular weight is 384 g/mol. The Balaban J connectivity index is 1.60. The smallest absolute Gasteiger partial charge is 0.314 e. The van der Waals surface area contributed by atoms with Gasteiger partial charge in [0.05, 0.1) is 26.8 Å². The van der Waals surface area contributed by atoms with Crippen LogP contribution in [0, 0.1) is 5.92 Å². The van der Waals surface area contributed by atoms with Crippen molar-refractivity contribution < 1.29 is 23.9 Å². The molecule has 0 radical (unpaired) electrons. The number of likely N-dealkylation sites (tertiary alicyclic amines) is 1. The lowest BCUT2D eigenvalue weighted by atomic mass is 9.97. The molecule has 1 fully saturated rings. The number of benzene rings is 2. The van der Waals surface area contributed by atoms with Crippen LogP contribution in [0.2, 0.25) is 0 Å². The lowest BCUT2D eigenvalue weighted by molar-refractivity contribution is -0.921. The van der Waals surface area contributed by atoms with Gasteiger partial charge in [0, 0.05) is 5.56 Å². The van der Waals surface area contributed by atoms with E-state index in [4.69, 9.17) is 14.2 Å². The van der Waals surface area contributed by atoms with Gasteiger partial charge in [-0.1, -0.05) is 30.3 Å². The van der Waals surface area contributed by atoms with Gasteiger partial charge in [-0.3, -0.25) is 4.79 Å². The summed E-state index contributed by atoms with van der Waals surface area (Å²) in [7, 11) is 1.67. The number of esters is 1. The van der Waals surface area contributed by atoms with Crippen molar-refractivity contribution in [3.63, 3.8) is 0 Å². The molecule has 1 unspecified atom stereocenters. The van der Waals surface area contributed by atoms with Crippen LogP contribution in [0.25, 0.3) is 0 Å². The van der Waals surface area contributed by atoms with Crippen molar-refractivity contribution in [3.05, 3.63) is 59.7 Å². The zero-order valence-corrected chi connectivity index (χ0v) is 16.8. The van der Waals surface area contributed by atoms with Crippen LogP contribution in [0.5, 0.6) is 11.5 Å². The summed E-state index contributed by atoms with van der Waals surface area (Å²) < 4.78 is 16.7. The van der Waals surface area contributed by atoms with E-state index >= 15 is 0 Å². The van der Waals surface area contributed by atoms with E-state index < -0.39 is 0 Å². The Hall–Kier alpha value is -2.53. The molecule has 0 spiro atoms. The minimum Gasteiger partial charge on any atom is -0.493 e. The van der Waals surface area contributed by atoms with Gasteiger partial charge in [-0.2, -0.15) is 0 Å². The molecule has 0 aromatic heterocycles. The maximum absolute atomic E-state index is 12.1. The second-order valence-corrected chi connectivity index (χ2v) is 7.23. The molecule has 5 nitrogen and oxygen atoms in total. The van der Waals surface area contributed by atoms with Crippen LogP contribution in [-0.4, -0.2) is 32.8 Å². The Kier molecular flexibility index (Phi) is 7.31. The lowest BCUT2D eigenvalue weighted by Gasteiger charge is -2.28. The highest BCUT2D eigenvalue weighted by atomic mass is 16.5. The molecule has 0 aliphatic carbocycles. The fourth-order valence-electron chi connectivity index (χ4n) is 3.74. The number of carbonyl (C=O) groups is 1. The summed E-state index contributed by atoms with van der Waals surface area (Å²) in [5, 5.41) is 0. The Bertz CT molecular complexity index is 762. The van der Waals surface area contributed by atoms with Crippen LogP contribution >= 0.6 is 0 Å². The molecule has 1 aliphatic rings. The van der Waals surface area contributed by atoms with Crippen LogP contribution < -0.4 is 14.4 Å². The molecule has 5 heteroatoms. The number of methoxy groups -OCH3 is 1. The average Bonchev–Trinajstić information content (AvgIpc) is 2.74. The third-order valence-electron chi connectivity index (χ3n) is 5.16. The molecule has 2 aromatic carbocycles. The monoisotopic (exact) mass is 384 g/mol. The van der Waals surface area contributed by atoms with E-state index in [1.165, 1.54) is 10.5 Å². The van der Waals surface area contributed by atoms with Crippen molar-refractivity contribution in [3.8, 4) is 11.5 Å². The van der Waals surface area contributed by atoms with Gasteiger partial charge in [-0.05, 0) is 43.5 Å². The highest BCUT2D eigenvalue weighted by molar-refractivity contribution is 5.72. The predicted octanol–water partition coefficient (Wildman–Crippen LogP) is 2.63. The first-order valence-corrected chi connectivity index (χ1v) is 10.0. The van der Waals surface area contributed by atoms with Crippen molar-refractivity contribution >= 4 is 5.97 Å². The summed E-state index contributed by atoms with van der Waals surface area (Å²) >= 11 is 0. The normalized spacial score (nSPS) is 19.1. The first kappa shape index (κ1) is 20.2. The number of hydrogen-bond acceptors (Lipinski definition) is 4. The topological polar surface area (TPSA) is 49.2 Å².